The van der Waals surface area contributed by atoms with Crippen LogP contribution >= 0.6 is 0 Å². The van der Waals surface area contributed by atoms with Gasteiger partial charge in [-0.2, -0.15) is 0 Å². The van der Waals surface area contributed by atoms with E-state index in [1.54, 1.807) is 0 Å². The Balaban J connectivity index is 1.64. The molecule has 0 saturated heterocycles. The van der Waals surface area contributed by atoms with Gasteiger partial charge in [-0.1, -0.05) is 24.6 Å². The van der Waals surface area contributed by atoms with Crippen molar-refractivity contribution in [2.45, 2.75) is 40.0 Å². The number of amides is 1. The van der Waals surface area contributed by atoms with E-state index in [0.29, 0.717) is 12.3 Å². The summed E-state index contributed by atoms with van der Waals surface area (Å²) in [7, 11) is 0. The van der Waals surface area contributed by atoms with Crippen LogP contribution in [0, 0.1) is 13.8 Å². The van der Waals surface area contributed by atoms with E-state index in [1.165, 1.54) is 0 Å². The highest BCUT2D eigenvalue weighted by atomic mass is 16.5. The highest BCUT2D eigenvalue weighted by Gasteiger charge is 2.14. The minimum atomic E-state index is -0.126. The molecule has 1 heterocycles. The van der Waals surface area contributed by atoms with Crippen molar-refractivity contribution in [2.24, 2.45) is 0 Å². The van der Waals surface area contributed by atoms with Gasteiger partial charge in [-0.05, 0) is 61.7 Å². The van der Waals surface area contributed by atoms with Gasteiger partial charge in [-0.15, -0.1) is 0 Å². The number of fused-ring (bicyclic) bond motifs is 1. The Hall–Kier alpha value is -2.82. The van der Waals surface area contributed by atoms with Crippen molar-refractivity contribution in [2.75, 3.05) is 11.9 Å². The molecule has 1 amide bonds. The van der Waals surface area contributed by atoms with E-state index < -0.39 is 0 Å². The lowest BCUT2D eigenvalue weighted by Gasteiger charge is -2.07. The zero-order chi connectivity index (χ0) is 18.5. The molecule has 0 aliphatic carbocycles. The number of carbonyl (C=O) groups is 1. The van der Waals surface area contributed by atoms with Gasteiger partial charge in [-0.3, -0.25) is 4.79 Å². The van der Waals surface area contributed by atoms with Crippen molar-refractivity contribution >= 4 is 22.6 Å². The number of aromatic nitrogens is 1. The van der Waals surface area contributed by atoms with Gasteiger partial charge in [0.05, 0.1) is 13.0 Å². The molecule has 0 saturated carbocycles. The van der Waals surface area contributed by atoms with E-state index in [2.05, 4.69) is 17.4 Å². The molecule has 0 bridgehead atoms. The van der Waals surface area contributed by atoms with Crippen LogP contribution in [-0.4, -0.2) is 17.7 Å². The van der Waals surface area contributed by atoms with Crippen LogP contribution in [0.15, 0.2) is 40.9 Å². The summed E-state index contributed by atoms with van der Waals surface area (Å²) in [4.78, 5) is 12.4. The van der Waals surface area contributed by atoms with Gasteiger partial charge in [0, 0.05) is 11.1 Å². The standard InChI is InChI=1S/C21H24N2O3/c1-4-5-10-25-17-8-6-16(7-9-17)22-20(24)13-19-18-12-14(2)11-15(3)21(18)26-23-19/h6-9,11-12H,4-5,10,13H2,1-3H3,(H,22,24). The Kier molecular flexibility index (Phi) is 5.56. The number of anilines is 1. The van der Waals surface area contributed by atoms with E-state index in [-0.39, 0.29) is 12.3 Å². The molecular weight excluding hydrogens is 328 g/mol. The molecule has 3 aromatic rings. The molecule has 26 heavy (non-hydrogen) atoms. The second-order valence-electron chi connectivity index (χ2n) is 6.54. The summed E-state index contributed by atoms with van der Waals surface area (Å²) in [6.45, 7) is 6.84. The molecular formula is C21H24N2O3. The summed E-state index contributed by atoms with van der Waals surface area (Å²) in [6, 6.07) is 11.5. The van der Waals surface area contributed by atoms with Crippen LogP contribution in [0.4, 0.5) is 5.69 Å². The number of ether oxygens (including phenoxy) is 1. The molecule has 0 aliphatic heterocycles. The fraction of sp³-hybridized carbons (Fsp3) is 0.333. The number of nitrogens with one attached hydrogen (secondary N) is 1. The number of carbonyl (C=O) groups excluding carboxylic acids is 1. The van der Waals surface area contributed by atoms with Crippen molar-refractivity contribution < 1.29 is 14.1 Å². The molecule has 1 N–H and O–H groups in total. The lowest BCUT2D eigenvalue weighted by atomic mass is 10.1. The first-order chi connectivity index (χ1) is 12.6. The zero-order valence-corrected chi connectivity index (χ0v) is 15.5. The molecule has 5 nitrogen and oxygen atoms in total. The molecule has 0 fully saturated rings. The Morgan fingerprint density at radius 1 is 1.19 bits per heavy atom. The van der Waals surface area contributed by atoms with Crippen molar-refractivity contribution in [1.29, 1.82) is 0 Å². The number of hydrogen-bond acceptors (Lipinski definition) is 4. The number of benzene rings is 2. The lowest BCUT2D eigenvalue weighted by molar-refractivity contribution is -0.115. The van der Waals surface area contributed by atoms with E-state index in [4.69, 9.17) is 9.26 Å². The maximum absolute atomic E-state index is 12.4. The Morgan fingerprint density at radius 3 is 2.69 bits per heavy atom. The largest absolute Gasteiger partial charge is 0.494 e. The van der Waals surface area contributed by atoms with E-state index in [0.717, 1.165) is 46.4 Å². The summed E-state index contributed by atoms with van der Waals surface area (Å²) < 4.78 is 11.0. The van der Waals surface area contributed by atoms with Gasteiger partial charge in [0.25, 0.3) is 0 Å². The highest BCUT2D eigenvalue weighted by molar-refractivity contribution is 5.95. The average Bonchev–Trinajstić information content (AvgIpc) is 2.99. The first-order valence-electron chi connectivity index (χ1n) is 8.95. The first-order valence-corrected chi connectivity index (χ1v) is 8.95. The molecule has 0 radical (unpaired) electrons. The fourth-order valence-electron chi connectivity index (χ4n) is 2.89. The number of rotatable bonds is 7. The minimum Gasteiger partial charge on any atom is -0.494 e. The maximum Gasteiger partial charge on any atom is 0.230 e. The monoisotopic (exact) mass is 352 g/mol. The second kappa shape index (κ2) is 8.04. The second-order valence-corrected chi connectivity index (χ2v) is 6.54. The molecule has 0 aliphatic rings. The summed E-state index contributed by atoms with van der Waals surface area (Å²) in [5.41, 5.74) is 4.28. The predicted molar refractivity (Wildman–Crippen MR) is 103 cm³/mol. The number of aryl methyl sites for hydroxylation is 2. The van der Waals surface area contributed by atoms with Crippen LogP contribution in [0.5, 0.6) is 5.75 Å². The normalized spacial score (nSPS) is 10.9. The number of unbranched alkanes of at least 4 members (excludes halogenated alkanes) is 1. The van der Waals surface area contributed by atoms with Crippen LogP contribution in [-0.2, 0) is 11.2 Å². The summed E-state index contributed by atoms with van der Waals surface area (Å²) in [5, 5.41) is 7.87. The fourth-order valence-corrected chi connectivity index (χ4v) is 2.89. The molecule has 5 heteroatoms. The molecule has 0 atom stereocenters. The van der Waals surface area contributed by atoms with Crippen molar-refractivity contribution in [1.82, 2.24) is 5.16 Å². The molecule has 0 spiro atoms. The van der Waals surface area contributed by atoms with Crippen molar-refractivity contribution in [3.63, 3.8) is 0 Å². The van der Waals surface area contributed by atoms with Crippen LogP contribution in [0.2, 0.25) is 0 Å². The third-order valence-electron chi connectivity index (χ3n) is 4.21. The lowest BCUT2D eigenvalue weighted by Crippen LogP contribution is -2.14. The summed E-state index contributed by atoms with van der Waals surface area (Å²) in [6.07, 6.45) is 2.30. The molecule has 0 unspecified atom stereocenters. The summed E-state index contributed by atoms with van der Waals surface area (Å²) >= 11 is 0. The predicted octanol–water partition coefficient (Wildman–Crippen LogP) is 4.80. The average molecular weight is 352 g/mol. The van der Waals surface area contributed by atoms with E-state index >= 15 is 0 Å². The van der Waals surface area contributed by atoms with E-state index in [1.807, 2.05) is 50.2 Å². The quantitative estimate of drug-likeness (QED) is 0.620. The number of hydrogen-bond donors (Lipinski definition) is 1. The van der Waals surface area contributed by atoms with Crippen molar-refractivity contribution in [3.05, 3.63) is 53.2 Å². The smallest absolute Gasteiger partial charge is 0.230 e. The van der Waals surface area contributed by atoms with Gasteiger partial charge in [0.1, 0.15) is 11.4 Å². The third kappa shape index (κ3) is 4.23. The Morgan fingerprint density at radius 2 is 1.96 bits per heavy atom. The molecule has 3 rings (SSSR count). The van der Waals surface area contributed by atoms with Gasteiger partial charge in [0.15, 0.2) is 5.58 Å². The number of nitrogens with zero attached hydrogens (tertiary/aromatic N) is 1. The van der Waals surface area contributed by atoms with Gasteiger partial charge in [-0.25, -0.2) is 0 Å². The maximum atomic E-state index is 12.4. The van der Waals surface area contributed by atoms with E-state index in [9.17, 15) is 4.79 Å². The topological polar surface area (TPSA) is 64.4 Å². The summed E-state index contributed by atoms with van der Waals surface area (Å²) in [5.74, 6) is 0.684. The molecule has 136 valence electrons. The first kappa shape index (κ1) is 18.0. The van der Waals surface area contributed by atoms with Crippen molar-refractivity contribution in [3.8, 4) is 5.75 Å². The minimum absolute atomic E-state index is 0.126. The molecule has 1 aromatic heterocycles. The van der Waals surface area contributed by atoms with Gasteiger partial charge in [0.2, 0.25) is 5.91 Å². The third-order valence-corrected chi connectivity index (χ3v) is 4.21. The Bertz CT molecular complexity index is 898. The molecule has 2 aromatic carbocycles. The van der Waals surface area contributed by atoms with Gasteiger partial charge < -0.3 is 14.6 Å². The SMILES string of the molecule is CCCCOc1ccc(NC(=O)Cc2noc3c(C)cc(C)cc23)cc1. The van der Waals surface area contributed by atoms with Crippen LogP contribution in [0.1, 0.15) is 36.6 Å². The van der Waals surface area contributed by atoms with Gasteiger partial charge >= 0.3 is 0 Å². The Labute approximate surface area is 153 Å². The van der Waals surface area contributed by atoms with Crippen LogP contribution in [0.3, 0.4) is 0 Å². The zero-order valence-electron chi connectivity index (χ0n) is 15.5. The van der Waals surface area contributed by atoms with Crippen LogP contribution in [0.25, 0.3) is 11.0 Å². The van der Waals surface area contributed by atoms with Crippen LogP contribution < -0.4 is 10.1 Å². The highest BCUT2D eigenvalue weighted by Crippen LogP contribution is 2.24.